The average molecular weight is 296 g/mol. The van der Waals surface area contributed by atoms with Crippen molar-refractivity contribution in [3.63, 3.8) is 0 Å². The Morgan fingerprint density at radius 1 is 1.42 bits per heavy atom. The number of aryl methyl sites for hydroxylation is 2. The molecule has 3 heterocycles. The van der Waals surface area contributed by atoms with Crippen LogP contribution in [0.2, 0.25) is 0 Å². The number of fused-ring (bicyclic) bond motifs is 1. The molecule has 4 nitrogen and oxygen atoms in total. The maximum atomic E-state index is 5.50. The van der Waals surface area contributed by atoms with Gasteiger partial charge in [-0.2, -0.15) is 16.9 Å². The zero-order chi connectivity index (χ0) is 13.4. The average Bonchev–Trinajstić information content (AvgIpc) is 2.90. The Balaban J connectivity index is 2.01. The lowest BCUT2D eigenvalue weighted by Crippen LogP contribution is -2.17. The minimum atomic E-state index is 0.757. The summed E-state index contributed by atoms with van der Waals surface area (Å²) in [6, 6.07) is 0. The van der Waals surface area contributed by atoms with Crippen molar-refractivity contribution in [1.29, 1.82) is 0 Å². The van der Waals surface area contributed by atoms with Crippen LogP contribution in [0.1, 0.15) is 25.5 Å². The highest BCUT2D eigenvalue weighted by molar-refractivity contribution is 7.99. The van der Waals surface area contributed by atoms with E-state index >= 15 is 0 Å². The molecule has 0 bridgehead atoms. The number of H-pyrrole nitrogens is 1. The Morgan fingerprint density at radius 2 is 2.16 bits per heavy atom. The highest BCUT2D eigenvalue weighted by atomic mass is 32.2. The third-order valence-electron chi connectivity index (χ3n) is 3.91. The third kappa shape index (κ3) is 2.36. The number of hydrogen-bond acceptors (Lipinski definition) is 3. The van der Waals surface area contributed by atoms with Gasteiger partial charge in [0.25, 0.3) is 0 Å². The van der Waals surface area contributed by atoms with Gasteiger partial charge in [-0.25, -0.2) is 4.68 Å². The van der Waals surface area contributed by atoms with Crippen molar-refractivity contribution in [2.45, 2.75) is 39.8 Å². The fourth-order valence-electron chi connectivity index (χ4n) is 2.84. The number of aromatic nitrogens is 4. The molecule has 19 heavy (non-hydrogen) atoms. The Kier molecular flexibility index (Phi) is 3.71. The molecule has 1 N–H and O–H groups in total. The van der Waals surface area contributed by atoms with Crippen LogP contribution in [0.15, 0.2) is 0 Å². The monoisotopic (exact) mass is 296 g/mol. The van der Waals surface area contributed by atoms with Gasteiger partial charge in [-0.3, -0.25) is 0 Å². The Labute approximate surface area is 122 Å². The van der Waals surface area contributed by atoms with Gasteiger partial charge in [0.15, 0.2) is 10.4 Å². The summed E-state index contributed by atoms with van der Waals surface area (Å²) >= 11 is 7.57. The van der Waals surface area contributed by atoms with E-state index in [0.29, 0.717) is 0 Å². The van der Waals surface area contributed by atoms with E-state index in [2.05, 4.69) is 38.0 Å². The highest BCUT2D eigenvalue weighted by Gasteiger charge is 2.19. The predicted octanol–water partition coefficient (Wildman–Crippen LogP) is 3.37. The van der Waals surface area contributed by atoms with Crippen LogP contribution < -0.4 is 0 Å². The topological polar surface area (TPSA) is 38.5 Å². The van der Waals surface area contributed by atoms with E-state index in [0.717, 1.165) is 35.0 Å². The second-order valence-corrected chi connectivity index (χ2v) is 6.81. The molecule has 6 heteroatoms. The third-order valence-corrected chi connectivity index (χ3v) is 5.29. The van der Waals surface area contributed by atoms with E-state index in [9.17, 15) is 0 Å². The molecule has 1 aliphatic heterocycles. The smallest absolute Gasteiger partial charge is 0.179 e. The minimum absolute atomic E-state index is 0.757. The van der Waals surface area contributed by atoms with Crippen molar-refractivity contribution >= 4 is 35.1 Å². The van der Waals surface area contributed by atoms with Gasteiger partial charge in [0.1, 0.15) is 5.52 Å². The molecular formula is C13H20N4S2. The normalized spacial score (nSPS) is 17.4. The molecule has 0 atom stereocenters. The van der Waals surface area contributed by atoms with E-state index in [-0.39, 0.29) is 0 Å². The van der Waals surface area contributed by atoms with Gasteiger partial charge in [0.2, 0.25) is 0 Å². The summed E-state index contributed by atoms with van der Waals surface area (Å²) in [5.74, 6) is 3.34. The van der Waals surface area contributed by atoms with Crippen LogP contribution in [0, 0.1) is 17.6 Å². The number of rotatable bonds is 3. The summed E-state index contributed by atoms with van der Waals surface area (Å²) in [6.07, 6.45) is 2.61. The number of nitrogens with zero attached hydrogens (tertiary/aromatic N) is 3. The van der Waals surface area contributed by atoms with Gasteiger partial charge >= 0.3 is 0 Å². The Bertz CT molecular complexity index is 631. The van der Waals surface area contributed by atoms with E-state index in [1.807, 2.05) is 6.92 Å². The first-order valence-corrected chi connectivity index (χ1v) is 8.50. The molecule has 3 rings (SSSR count). The molecule has 104 valence electrons. The van der Waals surface area contributed by atoms with Crippen molar-refractivity contribution in [2.24, 2.45) is 5.92 Å². The molecule has 2 aromatic heterocycles. The van der Waals surface area contributed by atoms with Crippen LogP contribution in [0.25, 0.3) is 11.2 Å². The van der Waals surface area contributed by atoms with Crippen LogP contribution in [0.4, 0.5) is 0 Å². The van der Waals surface area contributed by atoms with Crippen molar-refractivity contribution < 1.29 is 0 Å². The summed E-state index contributed by atoms with van der Waals surface area (Å²) in [5, 5.41) is 4.58. The fraction of sp³-hybridized carbons (Fsp3) is 0.692. The minimum Gasteiger partial charge on any atom is -0.328 e. The van der Waals surface area contributed by atoms with E-state index < -0.39 is 0 Å². The largest absolute Gasteiger partial charge is 0.328 e. The van der Waals surface area contributed by atoms with Crippen molar-refractivity contribution in [2.75, 3.05) is 11.5 Å². The SMILES string of the molecule is CCn1nc(C)c2[nH]c(=S)n(CC3CCSCC3)c21. The zero-order valence-corrected chi connectivity index (χ0v) is 13.1. The molecule has 0 radical (unpaired) electrons. The lowest BCUT2D eigenvalue weighted by Gasteiger charge is -2.21. The van der Waals surface area contributed by atoms with E-state index in [4.69, 9.17) is 12.2 Å². The second kappa shape index (κ2) is 5.32. The number of nitrogens with one attached hydrogen (secondary N) is 1. The molecule has 1 fully saturated rings. The number of thioether (sulfide) groups is 1. The second-order valence-electron chi connectivity index (χ2n) is 5.20. The van der Waals surface area contributed by atoms with E-state index in [1.54, 1.807) is 0 Å². The zero-order valence-electron chi connectivity index (χ0n) is 11.5. The maximum Gasteiger partial charge on any atom is 0.179 e. The quantitative estimate of drug-likeness (QED) is 0.883. The summed E-state index contributed by atoms with van der Waals surface area (Å²) in [7, 11) is 0. The van der Waals surface area contributed by atoms with Crippen LogP contribution in [-0.2, 0) is 13.1 Å². The molecule has 0 unspecified atom stereocenters. The van der Waals surface area contributed by atoms with Gasteiger partial charge < -0.3 is 9.55 Å². The fourth-order valence-corrected chi connectivity index (χ4v) is 4.30. The van der Waals surface area contributed by atoms with E-state index in [1.165, 1.54) is 30.0 Å². The summed E-state index contributed by atoms with van der Waals surface area (Å²) < 4.78 is 5.17. The summed E-state index contributed by atoms with van der Waals surface area (Å²) in [5.41, 5.74) is 3.32. The standard InChI is InChI=1S/C13H20N4S2/c1-3-17-12-11(9(2)15-17)14-13(18)16(12)8-10-4-6-19-7-5-10/h10H,3-8H2,1-2H3,(H,14,18). The lowest BCUT2D eigenvalue weighted by atomic mass is 10.0. The molecular weight excluding hydrogens is 276 g/mol. The number of aromatic amines is 1. The van der Waals surface area contributed by atoms with Crippen LogP contribution in [0.3, 0.4) is 0 Å². The Hall–Kier alpha value is -0.750. The molecule has 0 saturated carbocycles. The van der Waals surface area contributed by atoms with Crippen LogP contribution in [0.5, 0.6) is 0 Å². The van der Waals surface area contributed by atoms with Crippen molar-refractivity contribution in [3.8, 4) is 0 Å². The van der Waals surface area contributed by atoms with Crippen LogP contribution >= 0.6 is 24.0 Å². The molecule has 1 saturated heterocycles. The van der Waals surface area contributed by atoms with Gasteiger partial charge in [0.05, 0.1) is 5.69 Å². The van der Waals surface area contributed by atoms with Crippen molar-refractivity contribution in [1.82, 2.24) is 19.3 Å². The molecule has 0 spiro atoms. The molecule has 0 aromatic carbocycles. The van der Waals surface area contributed by atoms with Gasteiger partial charge in [-0.05, 0) is 56.3 Å². The van der Waals surface area contributed by atoms with Gasteiger partial charge in [-0.15, -0.1) is 0 Å². The predicted molar refractivity (Wildman–Crippen MR) is 83.4 cm³/mol. The highest BCUT2D eigenvalue weighted by Crippen LogP contribution is 2.26. The summed E-state index contributed by atoms with van der Waals surface area (Å²) in [4.78, 5) is 3.33. The lowest BCUT2D eigenvalue weighted by molar-refractivity contribution is 0.415. The molecule has 2 aromatic rings. The van der Waals surface area contributed by atoms with Crippen LogP contribution in [-0.4, -0.2) is 30.8 Å². The molecule has 1 aliphatic rings. The first-order valence-electron chi connectivity index (χ1n) is 6.94. The first-order chi connectivity index (χ1) is 9.20. The van der Waals surface area contributed by atoms with Crippen molar-refractivity contribution in [3.05, 3.63) is 10.5 Å². The molecule has 0 aliphatic carbocycles. The number of imidazole rings is 1. The first kappa shape index (κ1) is 13.2. The number of hydrogen-bond donors (Lipinski definition) is 1. The van der Waals surface area contributed by atoms with Gasteiger partial charge in [-0.1, -0.05) is 0 Å². The summed E-state index contributed by atoms with van der Waals surface area (Å²) in [6.45, 7) is 6.09. The maximum absolute atomic E-state index is 5.50. The van der Waals surface area contributed by atoms with Gasteiger partial charge in [0, 0.05) is 13.1 Å². The Morgan fingerprint density at radius 3 is 2.84 bits per heavy atom. The molecule has 0 amide bonds.